The number of thioether (sulfide) groups is 1. The number of carboxylic acids is 1. The van der Waals surface area contributed by atoms with Crippen LogP contribution in [0.25, 0.3) is 0 Å². The van der Waals surface area contributed by atoms with Crippen LogP contribution >= 0.6 is 11.8 Å². The van der Waals surface area contributed by atoms with Crippen LogP contribution in [0.5, 0.6) is 5.75 Å². The number of carboxylic acid groups (broad SMARTS) is 1. The predicted octanol–water partition coefficient (Wildman–Crippen LogP) is -3.90. The Hall–Kier alpha value is -6.25. The van der Waals surface area contributed by atoms with Gasteiger partial charge in [-0.25, -0.2) is 0 Å². The first-order valence-corrected chi connectivity index (χ1v) is 23.8. The summed E-state index contributed by atoms with van der Waals surface area (Å²) in [6, 6.07) is -4.71. The Bertz CT molecular complexity index is 1890. The standard InChI is InChI=1S/C43H72N12O13S/c1-22(2)33(35(45)61)54-38(64)28(10-8-17-48-43(46)47)51-40(66)30(19-25-11-13-26(58)14-12-25)52-37(63)27(9-6-7-16-44)50-41(67)31(20-32(59)60)53-42(68)34(24(4)57)55-39(65)29(15-18-69-5)49-36(62)23(3)21-56/h11-14,22-24,27-31,33-34,56-58H,6-10,15-21,44H2,1-5H3,(H2,45,61)(H,49,62)(H,50,67)(H,51,66)(H,52,63)(H,53,68)(H,54,64)(H,55,65)(H,59,60)(H4,46,47,48)/t23-,24+,27-,28-,29-,30-,31-,33-,34-/m0/s1. The summed E-state index contributed by atoms with van der Waals surface area (Å²) < 4.78 is 0. The van der Waals surface area contributed by atoms with Crippen molar-refractivity contribution in [1.82, 2.24) is 42.5 Å². The molecule has 0 spiro atoms. The number of nitrogens with two attached hydrogens (primary N) is 3. The fourth-order valence-corrected chi connectivity index (χ4v) is 6.95. The summed E-state index contributed by atoms with van der Waals surface area (Å²) in [5.41, 5.74) is 17.0. The molecule has 25 nitrogen and oxygen atoms in total. The molecule has 19 N–H and O–H groups in total. The zero-order valence-electron chi connectivity index (χ0n) is 39.7. The van der Waals surface area contributed by atoms with Gasteiger partial charge in [0.2, 0.25) is 47.3 Å². The third-order valence-electron chi connectivity index (χ3n) is 10.5. The molecule has 0 bridgehead atoms. The van der Waals surface area contributed by atoms with E-state index in [-0.39, 0.29) is 63.3 Å². The van der Waals surface area contributed by atoms with Crippen LogP contribution in [-0.4, -0.2) is 160 Å². The van der Waals surface area contributed by atoms with Gasteiger partial charge in [-0.1, -0.05) is 32.9 Å². The fourth-order valence-electron chi connectivity index (χ4n) is 6.48. The number of benzene rings is 1. The molecule has 69 heavy (non-hydrogen) atoms. The normalized spacial score (nSPS) is 15.0. The number of amides is 8. The first-order chi connectivity index (χ1) is 32.4. The van der Waals surface area contributed by atoms with Gasteiger partial charge < -0.3 is 80.2 Å². The van der Waals surface area contributed by atoms with Crippen molar-refractivity contribution in [2.45, 2.75) is 127 Å². The number of phenols is 1. The number of unbranched alkanes of at least 4 members (excludes halogenated alkanes) is 1. The maximum atomic E-state index is 14.2. The highest BCUT2D eigenvalue weighted by Gasteiger charge is 2.36. The molecular weight excluding hydrogens is 925 g/mol. The maximum absolute atomic E-state index is 14.2. The van der Waals surface area contributed by atoms with E-state index in [2.05, 4.69) is 42.5 Å². The van der Waals surface area contributed by atoms with Crippen molar-refractivity contribution in [1.29, 1.82) is 5.41 Å². The minimum atomic E-state index is -1.90. The minimum absolute atomic E-state index is 0.0472. The molecule has 0 aliphatic carbocycles. The van der Waals surface area contributed by atoms with Gasteiger partial charge in [0.15, 0.2) is 5.96 Å². The Morgan fingerprint density at radius 3 is 1.62 bits per heavy atom. The van der Waals surface area contributed by atoms with Crippen molar-refractivity contribution in [3.05, 3.63) is 29.8 Å². The van der Waals surface area contributed by atoms with Crippen LogP contribution in [-0.2, 0) is 49.6 Å². The summed E-state index contributed by atoms with van der Waals surface area (Å²) in [7, 11) is 0. The van der Waals surface area contributed by atoms with Gasteiger partial charge in [0, 0.05) is 13.0 Å². The summed E-state index contributed by atoms with van der Waals surface area (Å²) in [6.45, 7) is 5.65. The highest BCUT2D eigenvalue weighted by Crippen LogP contribution is 2.14. The number of hydrogen-bond acceptors (Lipinski definition) is 15. The Morgan fingerprint density at radius 1 is 0.652 bits per heavy atom. The van der Waals surface area contributed by atoms with Crippen molar-refractivity contribution in [2.75, 3.05) is 31.7 Å². The number of nitrogens with one attached hydrogen (secondary N) is 9. The van der Waals surface area contributed by atoms with E-state index in [1.807, 2.05) is 0 Å². The SMILES string of the molecule is CSCC[C@H](NC(=O)[C@@H](C)CO)C(=O)N[C@H](C(=O)N[C@@H](CC(=O)O)C(=O)N[C@@H](CCCCN)C(=O)N[C@@H](Cc1ccc(O)cc1)C(=O)N[C@@H](CCCNC(=N)N)C(=O)N[C@H](C(N)=O)C(C)C)[C@@H](C)O. The maximum Gasteiger partial charge on any atom is 0.305 e. The van der Waals surface area contributed by atoms with E-state index in [0.29, 0.717) is 17.7 Å². The molecule has 0 fully saturated rings. The number of phenolic OH excluding ortho intramolecular Hbond substituents is 1. The Balaban J connectivity index is 3.57. The number of aliphatic hydroxyl groups excluding tert-OH is 2. The van der Waals surface area contributed by atoms with Gasteiger partial charge in [0.1, 0.15) is 48.0 Å². The van der Waals surface area contributed by atoms with E-state index >= 15 is 0 Å². The summed E-state index contributed by atoms with van der Waals surface area (Å²) in [5.74, 6) is -10.3. The lowest BCUT2D eigenvalue weighted by atomic mass is 10.0. The second-order valence-electron chi connectivity index (χ2n) is 16.8. The summed E-state index contributed by atoms with van der Waals surface area (Å²) >= 11 is 1.35. The van der Waals surface area contributed by atoms with Crippen LogP contribution in [0.1, 0.15) is 78.2 Å². The quantitative estimate of drug-likeness (QED) is 0.0182. The zero-order chi connectivity index (χ0) is 52.4. The van der Waals surface area contributed by atoms with E-state index in [9.17, 15) is 63.6 Å². The third kappa shape index (κ3) is 23.1. The second-order valence-corrected chi connectivity index (χ2v) is 17.8. The van der Waals surface area contributed by atoms with Crippen LogP contribution in [0.4, 0.5) is 0 Å². The lowest BCUT2D eigenvalue weighted by Gasteiger charge is -2.28. The molecule has 0 unspecified atom stereocenters. The molecule has 0 heterocycles. The lowest BCUT2D eigenvalue weighted by molar-refractivity contribution is -0.142. The summed E-state index contributed by atoms with van der Waals surface area (Å²) in [5, 5.41) is 66.9. The van der Waals surface area contributed by atoms with Crippen LogP contribution in [0.15, 0.2) is 24.3 Å². The van der Waals surface area contributed by atoms with Gasteiger partial charge in [-0.05, 0) is 87.6 Å². The number of aliphatic hydroxyl groups is 2. The number of aliphatic carboxylic acids is 1. The van der Waals surface area contributed by atoms with Crippen LogP contribution < -0.4 is 59.7 Å². The molecule has 1 aromatic carbocycles. The molecule has 1 rings (SSSR count). The average molecular weight is 997 g/mol. The third-order valence-corrected chi connectivity index (χ3v) is 11.2. The first kappa shape index (κ1) is 60.8. The Morgan fingerprint density at radius 2 is 1.13 bits per heavy atom. The van der Waals surface area contributed by atoms with Crippen LogP contribution in [0.3, 0.4) is 0 Å². The molecule has 0 radical (unpaired) electrons. The molecule has 0 saturated heterocycles. The lowest BCUT2D eigenvalue weighted by Crippen LogP contribution is -2.62. The number of aromatic hydroxyl groups is 1. The van der Waals surface area contributed by atoms with E-state index < -0.39 is 126 Å². The number of carbonyl (C=O) groups excluding carboxylic acids is 8. The minimum Gasteiger partial charge on any atom is -0.508 e. The molecule has 0 saturated carbocycles. The Labute approximate surface area is 405 Å². The van der Waals surface area contributed by atoms with Gasteiger partial charge in [-0.3, -0.25) is 48.6 Å². The van der Waals surface area contributed by atoms with Gasteiger partial charge in [0.25, 0.3) is 0 Å². The zero-order valence-corrected chi connectivity index (χ0v) is 40.5. The predicted molar refractivity (Wildman–Crippen MR) is 255 cm³/mol. The monoisotopic (exact) mass is 997 g/mol. The van der Waals surface area contributed by atoms with E-state index in [4.69, 9.17) is 22.6 Å². The molecule has 1 aromatic rings. The van der Waals surface area contributed by atoms with E-state index in [1.165, 1.54) is 43.0 Å². The molecule has 9 atom stereocenters. The van der Waals surface area contributed by atoms with E-state index in [1.54, 1.807) is 20.1 Å². The largest absolute Gasteiger partial charge is 0.508 e. The van der Waals surface area contributed by atoms with Crippen molar-refractivity contribution >= 4 is 70.9 Å². The number of carbonyl (C=O) groups is 9. The number of primary amides is 1. The molecule has 388 valence electrons. The van der Waals surface area contributed by atoms with Crippen molar-refractivity contribution < 1.29 is 63.6 Å². The van der Waals surface area contributed by atoms with Crippen LogP contribution in [0, 0.1) is 17.2 Å². The molecular formula is C43H72N12O13S. The first-order valence-electron chi connectivity index (χ1n) is 22.4. The summed E-state index contributed by atoms with van der Waals surface area (Å²) in [4.78, 5) is 120. The highest BCUT2D eigenvalue weighted by atomic mass is 32.2. The number of guanidine groups is 1. The Kier molecular flexibility index (Phi) is 27.9. The number of rotatable bonds is 33. The van der Waals surface area contributed by atoms with Gasteiger partial charge in [-0.2, -0.15) is 11.8 Å². The summed E-state index contributed by atoms with van der Waals surface area (Å²) in [6.07, 6.45) is -0.432. The molecule has 0 aliphatic heterocycles. The molecule has 26 heteroatoms. The molecule has 0 aromatic heterocycles. The topological polar surface area (TPSA) is 433 Å². The molecule has 8 amide bonds. The van der Waals surface area contributed by atoms with Crippen molar-refractivity contribution in [3.8, 4) is 5.75 Å². The number of hydrogen-bond donors (Lipinski definition) is 16. The van der Waals surface area contributed by atoms with Crippen molar-refractivity contribution in [3.63, 3.8) is 0 Å². The second kappa shape index (κ2) is 31.7. The van der Waals surface area contributed by atoms with Gasteiger partial charge in [0.05, 0.1) is 25.0 Å². The fraction of sp³-hybridized carbons (Fsp3) is 0.628. The van der Waals surface area contributed by atoms with Gasteiger partial charge in [-0.15, -0.1) is 0 Å². The van der Waals surface area contributed by atoms with E-state index in [0.717, 1.165) is 6.92 Å². The van der Waals surface area contributed by atoms with Crippen molar-refractivity contribution in [2.24, 2.45) is 29.0 Å². The molecule has 0 aliphatic rings. The average Bonchev–Trinajstić information content (AvgIpc) is 3.28. The van der Waals surface area contributed by atoms with Gasteiger partial charge >= 0.3 is 5.97 Å². The smallest absolute Gasteiger partial charge is 0.305 e. The highest BCUT2D eigenvalue weighted by molar-refractivity contribution is 7.98. The van der Waals surface area contributed by atoms with Crippen LogP contribution in [0.2, 0.25) is 0 Å².